The lowest BCUT2D eigenvalue weighted by atomic mass is 10.1. The second-order valence-corrected chi connectivity index (χ2v) is 5.51. The molecule has 0 bridgehead atoms. The first-order chi connectivity index (χ1) is 10.9. The Kier molecular flexibility index (Phi) is 7.80. The van der Waals surface area contributed by atoms with Crippen molar-refractivity contribution in [1.29, 1.82) is 0 Å². The highest BCUT2D eigenvalue weighted by Gasteiger charge is 2.07. The van der Waals surface area contributed by atoms with Crippen molar-refractivity contribution in [3.63, 3.8) is 0 Å². The molecule has 0 unspecified atom stereocenters. The molecule has 1 amide bonds. The fraction of sp³-hybridized carbons (Fsp3) is 0.471. The topological polar surface area (TPSA) is 77.0 Å². The molecule has 0 fully saturated rings. The minimum absolute atomic E-state index is 0.142. The van der Waals surface area contributed by atoms with E-state index in [1.165, 1.54) is 0 Å². The fourth-order valence-corrected chi connectivity index (χ4v) is 1.88. The minimum atomic E-state index is -0.383. The molecule has 6 heteroatoms. The Morgan fingerprint density at radius 3 is 2.43 bits per heavy atom. The minimum Gasteiger partial charge on any atom is -0.484 e. The molecule has 0 saturated heterocycles. The van der Waals surface area contributed by atoms with Crippen LogP contribution in [0, 0.1) is 5.92 Å². The maximum absolute atomic E-state index is 11.6. The van der Waals surface area contributed by atoms with Crippen molar-refractivity contribution in [2.24, 2.45) is 11.0 Å². The Morgan fingerprint density at radius 2 is 1.87 bits per heavy atom. The van der Waals surface area contributed by atoms with Crippen LogP contribution in [0.5, 0.6) is 5.75 Å². The molecule has 0 saturated carbocycles. The lowest BCUT2D eigenvalue weighted by Crippen LogP contribution is -2.25. The van der Waals surface area contributed by atoms with Crippen LogP contribution in [0.4, 0.5) is 0 Å². The Morgan fingerprint density at radius 1 is 1.22 bits per heavy atom. The summed E-state index contributed by atoms with van der Waals surface area (Å²) in [5.74, 6) is 0.273. The molecule has 0 aromatic heterocycles. The molecule has 1 aromatic carbocycles. The van der Waals surface area contributed by atoms with E-state index >= 15 is 0 Å². The molecule has 0 radical (unpaired) electrons. The van der Waals surface area contributed by atoms with Crippen LogP contribution < -0.4 is 10.2 Å². The average Bonchev–Trinajstić information content (AvgIpc) is 2.51. The van der Waals surface area contributed by atoms with Crippen LogP contribution in [-0.2, 0) is 9.53 Å². The van der Waals surface area contributed by atoms with Gasteiger partial charge >= 0.3 is 5.97 Å². The zero-order valence-corrected chi connectivity index (χ0v) is 14.1. The third kappa shape index (κ3) is 7.44. The van der Waals surface area contributed by atoms with Crippen LogP contribution in [0.2, 0.25) is 0 Å². The number of nitrogens with zero attached hydrogens (tertiary/aromatic N) is 1. The molecule has 0 spiro atoms. The molecule has 6 nitrogen and oxygen atoms in total. The standard InChI is InChI=1S/C17H24N2O4/c1-5-22-17(21)14-6-8-15(9-7-14)23-11-16(20)19-18-13(4)10-12(2)3/h6-9,12H,5,10-11H2,1-4H3,(H,19,20)/b18-13+. The summed E-state index contributed by atoms with van der Waals surface area (Å²) in [7, 11) is 0. The van der Waals surface area contributed by atoms with Gasteiger partial charge in [0.25, 0.3) is 5.91 Å². The quantitative estimate of drug-likeness (QED) is 0.454. The molecular weight excluding hydrogens is 296 g/mol. The predicted molar refractivity (Wildman–Crippen MR) is 88.6 cm³/mol. The number of rotatable bonds is 8. The largest absolute Gasteiger partial charge is 0.484 e. The first-order valence-corrected chi connectivity index (χ1v) is 7.64. The van der Waals surface area contributed by atoms with Crippen molar-refractivity contribution in [2.45, 2.75) is 34.1 Å². The number of carbonyl (C=O) groups is 2. The summed E-state index contributed by atoms with van der Waals surface area (Å²) in [6.45, 7) is 7.98. The number of hydrazone groups is 1. The van der Waals surface area contributed by atoms with Gasteiger partial charge in [-0.2, -0.15) is 5.10 Å². The number of amides is 1. The Labute approximate surface area is 136 Å². The van der Waals surface area contributed by atoms with E-state index in [1.54, 1.807) is 31.2 Å². The number of hydrogen-bond donors (Lipinski definition) is 1. The van der Waals surface area contributed by atoms with E-state index in [1.807, 2.05) is 6.92 Å². The van der Waals surface area contributed by atoms with Crippen LogP contribution in [0.15, 0.2) is 29.4 Å². The lowest BCUT2D eigenvalue weighted by molar-refractivity contribution is -0.123. The van der Waals surface area contributed by atoms with Crippen molar-refractivity contribution in [3.8, 4) is 5.75 Å². The lowest BCUT2D eigenvalue weighted by Gasteiger charge is -2.07. The van der Waals surface area contributed by atoms with Gasteiger partial charge in [-0.05, 0) is 50.5 Å². The summed E-state index contributed by atoms with van der Waals surface area (Å²) < 4.78 is 10.2. The molecule has 0 aliphatic rings. The summed E-state index contributed by atoms with van der Waals surface area (Å²) in [6.07, 6.45) is 0.830. The van der Waals surface area contributed by atoms with Gasteiger partial charge in [-0.1, -0.05) is 13.8 Å². The second kappa shape index (κ2) is 9.61. The van der Waals surface area contributed by atoms with Gasteiger partial charge in [0.1, 0.15) is 5.75 Å². The van der Waals surface area contributed by atoms with Gasteiger partial charge in [0.2, 0.25) is 0 Å². The predicted octanol–water partition coefficient (Wildman–Crippen LogP) is 2.78. The Balaban J connectivity index is 2.43. The van der Waals surface area contributed by atoms with Gasteiger partial charge in [0.15, 0.2) is 6.61 Å². The molecule has 0 atom stereocenters. The molecule has 0 aliphatic carbocycles. The Hall–Kier alpha value is -2.37. The van der Waals surface area contributed by atoms with E-state index in [0.717, 1.165) is 12.1 Å². The van der Waals surface area contributed by atoms with E-state index < -0.39 is 0 Å². The maximum atomic E-state index is 11.6. The molecule has 0 heterocycles. The monoisotopic (exact) mass is 320 g/mol. The number of nitrogens with one attached hydrogen (secondary N) is 1. The van der Waals surface area contributed by atoms with E-state index in [-0.39, 0.29) is 18.5 Å². The molecule has 23 heavy (non-hydrogen) atoms. The van der Waals surface area contributed by atoms with Crippen molar-refractivity contribution >= 4 is 17.6 Å². The zero-order chi connectivity index (χ0) is 17.2. The average molecular weight is 320 g/mol. The van der Waals surface area contributed by atoms with Crippen molar-refractivity contribution in [2.75, 3.05) is 13.2 Å². The number of carbonyl (C=O) groups excluding carboxylic acids is 2. The van der Waals surface area contributed by atoms with Gasteiger partial charge in [-0.15, -0.1) is 0 Å². The second-order valence-electron chi connectivity index (χ2n) is 5.51. The summed E-state index contributed by atoms with van der Waals surface area (Å²) in [6, 6.07) is 6.42. The SMILES string of the molecule is CCOC(=O)c1ccc(OCC(=O)N/N=C(\C)CC(C)C)cc1. The van der Waals surface area contributed by atoms with Crippen LogP contribution in [0.25, 0.3) is 0 Å². The molecule has 0 aliphatic heterocycles. The first kappa shape index (κ1) is 18.7. The zero-order valence-electron chi connectivity index (χ0n) is 14.1. The van der Waals surface area contributed by atoms with E-state index in [0.29, 0.717) is 23.8 Å². The van der Waals surface area contributed by atoms with E-state index in [4.69, 9.17) is 9.47 Å². The van der Waals surface area contributed by atoms with Gasteiger partial charge < -0.3 is 9.47 Å². The van der Waals surface area contributed by atoms with E-state index in [2.05, 4.69) is 24.4 Å². The highest BCUT2D eigenvalue weighted by atomic mass is 16.5. The molecule has 1 aromatic rings. The number of ether oxygens (including phenoxy) is 2. The van der Waals surface area contributed by atoms with E-state index in [9.17, 15) is 9.59 Å². The third-order valence-corrected chi connectivity index (χ3v) is 2.81. The third-order valence-electron chi connectivity index (χ3n) is 2.81. The highest BCUT2D eigenvalue weighted by Crippen LogP contribution is 2.12. The normalized spacial score (nSPS) is 11.3. The maximum Gasteiger partial charge on any atom is 0.338 e. The van der Waals surface area contributed by atoms with Crippen LogP contribution >= 0.6 is 0 Å². The Bertz CT molecular complexity index is 550. The first-order valence-electron chi connectivity index (χ1n) is 7.64. The van der Waals surface area contributed by atoms with Crippen molar-refractivity contribution < 1.29 is 19.1 Å². The van der Waals surface area contributed by atoms with Crippen molar-refractivity contribution in [3.05, 3.63) is 29.8 Å². The van der Waals surface area contributed by atoms with Gasteiger partial charge in [0, 0.05) is 5.71 Å². The highest BCUT2D eigenvalue weighted by molar-refractivity contribution is 5.89. The molecule has 126 valence electrons. The van der Waals surface area contributed by atoms with Crippen LogP contribution in [-0.4, -0.2) is 30.8 Å². The smallest absolute Gasteiger partial charge is 0.338 e. The van der Waals surface area contributed by atoms with Gasteiger partial charge in [-0.3, -0.25) is 4.79 Å². The molecular formula is C17H24N2O4. The number of benzene rings is 1. The molecule has 1 rings (SSSR count). The van der Waals surface area contributed by atoms with Gasteiger partial charge in [0.05, 0.1) is 12.2 Å². The molecule has 1 N–H and O–H groups in total. The fourth-order valence-electron chi connectivity index (χ4n) is 1.88. The number of esters is 1. The van der Waals surface area contributed by atoms with Crippen molar-refractivity contribution in [1.82, 2.24) is 5.43 Å². The van der Waals surface area contributed by atoms with Crippen LogP contribution in [0.3, 0.4) is 0 Å². The summed E-state index contributed by atoms with van der Waals surface area (Å²) in [5, 5.41) is 4.01. The summed E-state index contributed by atoms with van der Waals surface area (Å²) in [5.41, 5.74) is 3.76. The van der Waals surface area contributed by atoms with Crippen LogP contribution in [0.1, 0.15) is 44.5 Å². The summed E-state index contributed by atoms with van der Waals surface area (Å²) in [4.78, 5) is 23.2. The number of hydrogen-bond acceptors (Lipinski definition) is 5. The summed E-state index contributed by atoms with van der Waals surface area (Å²) >= 11 is 0. The van der Waals surface area contributed by atoms with Gasteiger partial charge in [-0.25, -0.2) is 10.2 Å².